The Bertz CT molecular complexity index is 753. The van der Waals surface area contributed by atoms with Gasteiger partial charge in [-0.3, -0.25) is 9.36 Å². The predicted molar refractivity (Wildman–Crippen MR) is 103 cm³/mol. The van der Waals surface area contributed by atoms with Crippen molar-refractivity contribution in [1.29, 1.82) is 0 Å². The topological polar surface area (TPSA) is 118 Å². The second-order valence-electron chi connectivity index (χ2n) is 6.87. The number of carbonyl (C=O) groups excluding carboxylic acids is 2. The SMILES string of the molecule is CCOP(C)(=O)CO[C@H]1O[C@@H](CO)C(C)(OC(=O)c2ccccc2)[C@H]1OC(C)=O. The first-order valence-corrected chi connectivity index (χ1v) is 11.4. The van der Waals surface area contributed by atoms with Crippen molar-refractivity contribution in [2.24, 2.45) is 0 Å². The number of ether oxygens (including phenoxy) is 4. The van der Waals surface area contributed by atoms with E-state index in [2.05, 4.69) is 0 Å². The van der Waals surface area contributed by atoms with Gasteiger partial charge in [0.15, 0.2) is 18.0 Å². The van der Waals surface area contributed by atoms with Crippen LogP contribution in [0.5, 0.6) is 0 Å². The summed E-state index contributed by atoms with van der Waals surface area (Å²) in [7, 11) is -3.06. The van der Waals surface area contributed by atoms with Crippen LogP contribution < -0.4 is 0 Å². The second kappa shape index (κ2) is 9.82. The molecule has 0 radical (unpaired) electrons. The first-order valence-electron chi connectivity index (χ1n) is 9.17. The van der Waals surface area contributed by atoms with Gasteiger partial charge < -0.3 is 28.6 Å². The van der Waals surface area contributed by atoms with Crippen molar-refractivity contribution in [2.75, 3.05) is 26.2 Å². The van der Waals surface area contributed by atoms with Crippen LogP contribution in [0.1, 0.15) is 31.1 Å². The van der Waals surface area contributed by atoms with Crippen LogP contribution >= 0.6 is 7.37 Å². The molecule has 0 saturated carbocycles. The van der Waals surface area contributed by atoms with E-state index >= 15 is 0 Å². The number of aliphatic hydroxyl groups is 1. The largest absolute Gasteiger partial charge is 0.453 e. The summed E-state index contributed by atoms with van der Waals surface area (Å²) in [5.74, 6) is -1.33. The Kier molecular flexibility index (Phi) is 7.96. The first-order chi connectivity index (χ1) is 13.6. The summed E-state index contributed by atoms with van der Waals surface area (Å²) in [5.41, 5.74) is -1.26. The molecule has 162 valence electrons. The molecule has 0 amide bonds. The molecule has 29 heavy (non-hydrogen) atoms. The average Bonchev–Trinajstić information content (AvgIpc) is 2.91. The standard InChI is InChI=1S/C19H27O9P/c1-5-25-29(4,23)12-24-18-16(26-13(2)21)19(3,15(11-20)27-18)28-17(22)14-9-7-6-8-10-14/h6-10,15-16,18,20H,5,11-12H2,1-4H3/t15-,16-,18-,19?,29?/m0/s1. The molecule has 0 aliphatic carbocycles. The van der Waals surface area contributed by atoms with Crippen molar-refractivity contribution in [3.63, 3.8) is 0 Å². The molecule has 5 atom stereocenters. The van der Waals surface area contributed by atoms with Crippen molar-refractivity contribution in [3.8, 4) is 0 Å². The van der Waals surface area contributed by atoms with Crippen molar-refractivity contribution in [3.05, 3.63) is 35.9 Å². The normalized spacial score (nSPS) is 28.5. The maximum Gasteiger partial charge on any atom is 0.338 e. The Morgan fingerprint density at radius 3 is 2.48 bits per heavy atom. The van der Waals surface area contributed by atoms with Crippen LogP contribution in [-0.2, 0) is 32.8 Å². The summed E-state index contributed by atoms with van der Waals surface area (Å²) >= 11 is 0. The summed E-state index contributed by atoms with van der Waals surface area (Å²) in [6, 6.07) is 8.24. The first kappa shape index (κ1) is 23.5. The van der Waals surface area contributed by atoms with Crippen LogP contribution in [0.25, 0.3) is 0 Å². The fraction of sp³-hybridized carbons (Fsp3) is 0.579. The summed E-state index contributed by atoms with van der Waals surface area (Å²) in [6.45, 7) is 5.50. The van der Waals surface area contributed by atoms with Crippen LogP contribution in [0.3, 0.4) is 0 Å². The van der Waals surface area contributed by atoms with E-state index in [0.29, 0.717) is 0 Å². The molecule has 0 bridgehead atoms. The van der Waals surface area contributed by atoms with Crippen LogP contribution in [0.15, 0.2) is 30.3 Å². The van der Waals surface area contributed by atoms with Gasteiger partial charge in [-0.2, -0.15) is 0 Å². The zero-order valence-corrected chi connectivity index (χ0v) is 17.8. The molecular weight excluding hydrogens is 403 g/mol. The number of rotatable bonds is 9. The molecule has 2 rings (SSSR count). The third kappa shape index (κ3) is 5.87. The lowest BCUT2D eigenvalue weighted by atomic mass is 9.94. The average molecular weight is 430 g/mol. The minimum Gasteiger partial charge on any atom is -0.453 e. The molecule has 1 aromatic carbocycles. The number of benzene rings is 1. The van der Waals surface area contributed by atoms with Gasteiger partial charge in [0.05, 0.1) is 18.8 Å². The van der Waals surface area contributed by atoms with Gasteiger partial charge in [0.25, 0.3) is 0 Å². The van der Waals surface area contributed by atoms with Gasteiger partial charge in [0, 0.05) is 13.6 Å². The Morgan fingerprint density at radius 1 is 1.28 bits per heavy atom. The number of carbonyl (C=O) groups is 2. The van der Waals surface area contributed by atoms with Crippen LogP contribution in [0.4, 0.5) is 0 Å². The molecule has 10 heteroatoms. The fourth-order valence-electron chi connectivity index (χ4n) is 3.00. The lowest BCUT2D eigenvalue weighted by Crippen LogP contribution is -2.52. The van der Waals surface area contributed by atoms with Gasteiger partial charge in [-0.15, -0.1) is 0 Å². The zero-order chi connectivity index (χ0) is 21.7. The molecule has 2 unspecified atom stereocenters. The van der Waals surface area contributed by atoms with Crippen molar-refractivity contribution < 1.29 is 42.7 Å². The van der Waals surface area contributed by atoms with Gasteiger partial charge >= 0.3 is 11.9 Å². The fourth-order valence-corrected chi connectivity index (χ4v) is 4.04. The van der Waals surface area contributed by atoms with E-state index < -0.39 is 50.0 Å². The molecule has 1 aliphatic heterocycles. The number of esters is 2. The van der Waals surface area contributed by atoms with E-state index in [-0.39, 0.29) is 18.5 Å². The van der Waals surface area contributed by atoms with Crippen molar-refractivity contribution >= 4 is 19.3 Å². The Balaban J connectivity index is 2.26. The molecule has 1 heterocycles. The number of hydrogen-bond acceptors (Lipinski definition) is 9. The van der Waals surface area contributed by atoms with Gasteiger partial charge in [-0.05, 0) is 26.0 Å². The van der Waals surface area contributed by atoms with E-state index in [1.165, 1.54) is 20.5 Å². The van der Waals surface area contributed by atoms with Gasteiger partial charge in [0.1, 0.15) is 12.5 Å². The molecule has 1 N–H and O–H groups in total. The molecule has 0 spiro atoms. The highest BCUT2D eigenvalue weighted by atomic mass is 31.2. The van der Waals surface area contributed by atoms with Crippen LogP contribution in [0.2, 0.25) is 0 Å². The second-order valence-corrected chi connectivity index (χ2v) is 9.42. The van der Waals surface area contributed by atoms with Crippen LogP contribution in [-0.4, -0.2) is 67.4 Å². The summed E-state index contributed by atoms with van der Waals surface area (Å²) in [6.07, 6.45) is -3.73. The van der Waals surface area contributed by atoms with E-state index in [1.807, 2.05) is 0 Å². The minimum absolute atomic E-state index is 0.238. The summed E-state index contributed by atoms with van der Waals surface area (Å²) < 4.78 is 39.7. The smallest absolute Gasteiger partial charge is 0.338 e. The Hall–Kier alpha value is -1.77. The van der Waals surface area contributed by atoms with Gasteiger partial charge in [-0.1, -0.05) is 18.2 Å². The highest BCUT2D eigenvalue weighted by Gasteiger charge is 2.59. The molecule has 9 nitrogen and oxygen atoms in total. The quantitative estimate of drug-likeness (QED) is 0.464. The van der Waals surface area contributed by atoms with E-state index in [1.54, 1.807) is 37.3 Å². The molecule has 1 aliphatic rings. The molecule has 0 aromatic heterocycles. The van der Waals surface area contributed by atoms with Gasteiger partial charge in [0.2, 0.25) is 7.37 Å². The maximum absolute atomic E-state index is 12.6. The monoisotopic (exact) mass is 430 g/mol. The summed E-state index contributed by atoms with van der Waals surface area (Å²) in [4.78, 5) is 24.3. The van der Waals surface area contributed by atoms with E-state index in [0.717, 1.165) is 0 Å². The van der Waals surface area contributed by atoms with Crippen molar-refractivity contribution in [2.45, 2.75) is 44.9 Å². The number of hydrogen-bond donors (Lipinski definition) is 1. The highest BCUT2D eigenvalue weighted by molar-refractivity contribution is 7.57. The van der Waals surface area contributed by atoms with Crippen LogP contribution in [0, 0.1) is 0 Å². The van der Waals surface area contributed by atoms with Gasteiger partial charge in [-0.25, -0.2) is 4.79 Å². The Labute approximate surface area is 169 Å². The summed E-state index contributed by atoms with van der Waals surface area (Å²) in [5, 5.41) is 9.78. The minimum atomic E-state index is -3.06. The predicted octanol–water partition coefficient (Wildman–Crippen LogP) is 2.17. The maximum atomic E-state index is 12.6. The van der Waals surface area contributed by atoms with Crippen molar-refractivity contribution in [1.82, 2.24) is 0 Å². The highest BCUT2D eigenvalue weighted by Crippen LogP contribution is 2.45. The lowest BCUT2D eigenvalue weighted by Gasteiger charge is -2.33. The molecule has 1 saturated heterocycles. The van der Waals surface area contributed by atoms with E-state index in [9.17, 15) is 19.3 Å². The number of aliphatic hydroxyl groups excluding tert-OH is 1. The zero-order valence-electron chi connectivity index (χ0n) is 16.9. The molecule has 1 fully saturated rings. The Morgan fingerprint density at radius 2 is 1.93 bits per heavy atom. The molecular formula is C19H27O9P. The third-order valence-electron chi connectivity index (χ3n) is 4.41. The molecule has 1 aromatic rings. The third-order valence-corrected chi connectivity index (χ3v) is 5.83. The lowest BCUT2D eigenvalue weighted by molar-refractivity contribution is -0.185. The van der Waals surface area contributed by atoms with E-state index in [4.69, 9.17) is 23.5 Å².